The fourth-order valence-electron chi connectivity index (χ4n) is 3.60. The molecule has 28 heavy (non-hydrogen) atoms. The van der Waals surface area contributed by atoms with Crippen molar-refractivity contribution in [3.8, 4) is 0 Å². The van der Waals surface area contributed by atoms with Gasteiger partial charge < -0.3 is 4.57 Å². The van der Waals surface area contributed by atoms with Gasteiger partial charge in [-0.1, -0.05) is 30.8 Å². The van der Waals surface area contributed by atoms with E-state index in [2.05, 4.69) is 5.10 Å². The van der Waals surface area contributed by atoms with Crippen LogP contribution in [0.5, 0.6) is 0 Å². The predicted octanol–water partition coefficient (Wildman–Crippen LogP) is 5.28. The molecule has 146 valence electrons. The van der Waals surface area contributed by atoms with Crippen LogP contribution in [0, 0.1) is 0 Å². The van der Waals surface area contributed by atoms with E-state index >= 15 is 0 Å². The highest BCUT2D eigenvalue weighted by Gasteiger charge is 2.28. The number of hydrogen-bond acceptors (Lipinski definition) is 4. The van der Waals surface area contributed by atoms with E-state index < -0.39 is 0 Å². The summed E-state index contributed by atoms with van der Waals surface area (Å²) in [7, 11) is 1.95. The first-order valence-corrected chi connectivity index (χ1v) is 10.5. The molecule has 0 fully saturated rings. The van der Waals surface area contributed by atoms with E-state index in [9.17, 15) is 9.18 Å². The van der Waals surface area contributed by atoms with E-state index in [1.54, 1.807) is 11.1 Å². The number of carbonyl (C=O) groups is 1. The topological polar surface area (TPSA) is 50.5 Å². The first-order valence-electron chi connectivity index (χ1n) is 9.58. The third-order valence-corrected chi connectivity index (χ3v) is 6.02. The molecular weight excluding hydrogens is 375 g/mol. The van der Waals surface area contributed by atoms with Crippen LogP contribution in [0.2, 0.25) is 0 Å². The van der Waals surface area contributed by atoms with Gasteiger partial charge in [-0.15, -0.1) is 0 Å². The Morgan fingerprint density at radius 2 is 2.18 bits per heavy atom. The molecule has 0 bridgehead atoms. The summed E-state index contributed by atoms with van der Waals surface area (Å²) in [5.41, 5.74) is 4.49. The van der Waals surface area contributed by atoms with Crippen LogP contribution in [0.15, 0.2) is 41.3 Å². The van der Waals surface area contributed by atoms with Gasteiger partial charge in [0, 0.05) is 31.1 Å². The van der Waals surface area contributed by atoms with Crippen LogP contribution in [0.3, 0.4) is 0 Å². The molecule has 0 saturated heterocycles. The number of carbonyl (C=O) groups excluding carboxylic acids is 1. The number of thioether (sulfide) groups is 1. The van der Waals surface area contributed by atoms with Crippen LogP contribution in [-0.4, -0.2) is 37.3 Å². The number of aryl methyl sites for hydroxylation is 1. The van der Waals surface area contributed by atoms with Crippen molar-refractivity contribution in [2.75, 3.05) is 6.54 Å². The summed E-state index contributed by atoms with van der Waals surface area (Å²) < 4.78 is 15.7. The number of hydrazone groups is 1. The number of imidazole rings is 1. The number of nitrogens with zero attached hydrogens (tertiary/aromatic N) is 4. The van der Waals surface area contributed by atoms with Crippen molar-refractivity contribution in [1.29, 1.82) is 0 Å². The number of aromatic nitrogens is 2. The monoisotopic (exact) mass is 398 g/mol. The number of rotatable bonds is 4. The number of amides is 1. The Morgan fingerprint density at radius 1 is 1.36 bits per heavy atom. The van der Waals surface area contributed by atoms with Crippen molar-refractivity contribution in [1.82, 2.24) is 14.6 Å². The van der Waals surface area contributed by atoms with Gasteiger partial charge >= 0.3 is 5.24 Å². The molecule has 1 aliphatic carbocycles. The second kappa shape index (κ2) is 7.54. The highest BCUT2D eigenvalue weighted by molar-refractivity contribution is 8.14. The van der Waals surface area contributed by atoms with E-state index in [1.807, 2.05) is 49.7 Å². The lowest BCUT2D eigenvalue weighted by atomic mass is 10.1. The molecule has 2 aromatic rings. The van der Waals surface area contributed by atoms with Gasteiger partial charge in [0.1, 0.15) is 11.7 Å². The van der Waals surface area contributed by atoms with Crippen LogP contribution >= 0.6 is 11.8 Å². The van der Waals surface area contributed by atoms with Gasteiger partial charge in [0.05, 0.1) is 22.0 Å². The zero-order valence-electron chi connectivity index (χ0n) is 16.3. The lowest BCUT2D eigenvalue weighted by Crippen LogP contribution is -2.34. The van der Waals surface area contributed by atoms with Crippen LogP contribution in [0.1, 0.15) is 44.5 Å². The highest BCUT2D eigenvalue weighted by Crippen LogP contribution is 2.30. The molecule has 1 amide bonds. The number of fused-ring (bicyclic) bond motifs is 1. The zero-order chi connectivity index (χ0) is 19.8. The van der Waals surface area contributed by atoms with Gasteiger partial charge in [0.15, 0.2) is 0 Å². The molecule has 7 heteroatoms. The summed E-state index contributed by atoms with van der Waals surface area (Å²) in [4.78, 5) is 16.9. The first kappa shape index (κ1) is 18.9. The molecule has 1 aromatic carbocycles. The van der Waals surface area contributed by atoms with E-state index in [1.165, 1.54) is 11.8 Å². The van der Waals surface area contributed by atoms with Crippen molar-refractivity contribution >= 4 is 39.3 Å². The van der Waals surface area contributed by atoms with Gasteiger partial charge in [0.2, 0.25) is 0 Å². The van der Waals surface area contributed by atoms with Gasteiger partial charge in [-0.3, -0.25) is 4.79 Å². The predicted molar refractivity (Wildman–Crippen MR) is 113 cm³/mol. The zero-order valence-corrected chi connectivity index (χ0v) is 17.1. The lowest BCUT2D eigenvalue weighted by molar-refractivity contribution is 0.224. The SMILES string of the molecule is CCCN1N=C(c2ccc3c(c2)nc(C2=CCCC(F)=C2)n3C)C(C)SC1=O. The van der Waals surface area contributed by atoms with Crippen molar-refractivity contribution < 1.29 is 9.18 Å². The van der Waals surface area contributed by atoms with E-state index in [-0.39, 0.29) is 16.3 Å². The molecule has 1 aromatic heterocycles. The highest BCUT2D eigenvalue weighted by atomic mass is 32.2. The largest absolute Gasteiger partial charge is 0.327 e. The molecule has 2 heterocycles. The minimum absolute atomic E-state index is 0.00245. The molecule has 2 aliphatic rings. The average molecular weight is 399 g/mol. The Morgan fingerprint density at radius 3 is 2.93 bits per heavy atom. The molecule has 0 saturated carbocycles. The second-order valence-corrected chi connectivity index (χ2v) is 8.41. The van der Waals surface area contributed by atoms with Gasteiger partial charge in [-0.05, 0) is 38.0 Å². The Balaban J connectivity index is 1.75. The molecule has 1 atom stereocenters. The fourth-order valence-corrected chi connectivity index (χ4v) is 4.46. The Bertz CT molecular complexity index is 1040. The molecule has 4 rings (SSSR count). The first-order chi connectivity index (χ1) is 13.5. The third-order valence-electron chi connectivity index (χ3n) is 5.03. The van der Waals surface area contributed by atoms with Crippen LogP contribution in [-0.2, 0) is 7.05 Å². The maximum Gasteiger partial charge on any atom is 0.302 e. The van der Waals surface area contributed by atoms with E-state index in [0.29, 0.717) is 19.4 Å². The van der Waals surface area contributed by atoms with Crippen molar-refractivity contribution in [2.45, 2.75) is 38.4 Å². The van der Waals surface area contributed by atoms with Gasteiger partial charge in [0.25, 0.3) is 0 Å². The summed E-state index contributed by atoms with van der Waals surface area (Å²) in [5, 5.41) is 6.15. The number of hydrogen-bond donors (Lipinski definition) is 0. The van der Waals surface area contributed by atoms with Crippen molar-refractivity contribution in [3.05, 3.63) is 47.6 Å². The molecule has 0 spiro atoms. The summed E-state index contributed by atoms with van der Waals surface area (Å²) >= 11 is 1.30. The maximum absolute atomic E-state index is 13.7. The Kier molecular flexibility index (Phi) is 5.10. The van der Waals surface area contributed by atoms with Gasteiger partial charge in [-0.25, -0.2) is 14.4 Å². The van der Waals surface area contributed by atoms with E-state index in [0.717, 1.165) is 40.1 Å². The molecule has 0 N–H and O–H groups in total. The summed E-state index contributed by atoms with van der Waals surface area (Å²) in [6.45, 7) is 4.65. The smallest absolute Gasteiger partial charge is 0.302 e. The normalized spacial score (nSPS) is 20.3. The average Bonchev–Trinajstić information content (AvgIpc) is 3.00. The molecule has 0 radical (unpaired) electrons. The molecule has 1 unspecified atom stereocenters. The number of halogens is 1. The maximum atomic E-state index is 13.7. The fraction of sp³-hybridized carbons (Fsp3) is 0.381. The molecule has 1 aliphatic heterocycles. The van der Waals surface area contributed by atoms with Crippen LogP contribution in [0.4, 0.5) is 9.18 Å². The van der Waals surface area contributed by atoms with Crippen molar-refractivity contribution in [2.24, 2.45) is 12.1 Å². The Labute approximate surface area is 168 Å². The summed E-state index contributed by atoms with van der Waals surface area (Å²) in [6, 6.07) is 6.05. The van der Waals surface area contributed by atoms with Crippen molar-refractivity contribution in [3.63, 3.8) is 0 Å². The minimum Gasteiger partial charge on any atom is -0.327 e. The number of benzene rings is 1. The van der Waals surface area contributed by atoms with E-state index in [4.69, 9.17) is 4.98 Å². The van der Waals surface area contributed by atoms with Crippen LogP contribution in [0.25, 0.3) is 16.6 Å². The quantitative estimate of drug-likeness (QED) is 0.704. The van der Waals surface area contributed by atoms with Crippen LogP contribution < -0.4 is 0 Å². The van der Waals surface area contributed by atoms with Gasteiger partial charge in [-0.2, -0.15) is 5.10 Å². The number of allylic oxidation sites excluding steroid dienone is 4. The Hall–Kier alpha value is -2.41. The molecular formula is C21H23FN4OS. The minimum atomic E-state index is -0.103. The molecule has 5 nitrogen and oxygen atoms in total. The third kappa shape index (κ3) is 3.39. The standard InChI is InChI=1S/C21H23FN4OS/c1-4-10-26-21(27)28-13(2)19(24-26)14-8-9-18-17(12-14)23-20(25(18)3)15-6-5-7-16(22)11-15/h6,8-9,11-13H,4-5,7,10H2,1-3H3. The summed E-state index contributed by atoms with van der Waals surface area (Å²) in [6.07, 6.45) is 5.62. The second-order valence-electron chi connectivity index (χ2n) is 7.12. The lowest BCUT2D eigenvalue weighted by Gasteiger charge is -2.26. The summed E-state index contributed by atoms with van der Waals surface area (Å²) in [5.74, 6) is 0.658.